The van der Waals surface area contributed by atoms with Gasteiger partial charge in [0.25, 0.3) is 0 Å². The second kappa shape index (κ2) is 10.6. The van der Waals surface area contributed by atoms with Crippen LogP contribution >= 0.6 is 0 Å². The van der Waals surface area contributed by atoms with Crippen molar-refractivity contribution in [2.24, 2.45) is 11.0 Å². The lowest BCUT2D eigenvalue weighted by Gasteiger charge is -2.42. The van der Waals surface area contributed by atoms with E-state index in [2.05, 4.69) is 14.8 Å². The topological polar surface area (TPSA) is 146 Å². The number of azide groups is 1. The molecule has 0 saturated carbocycles. The summed E-state index contributed by atoms with van der Waals surface area (Å²) in [5.74, 6) is -2.59. The van der Waals surface area contributed by atoms with Crippen molar-refractivity contribution in [1.82, 2.24) is 0 Å². The molecule has 11 nitrogen and oxygen atoms in total. The van der Waals surface area contributed by atoms with Crippen LogP contribution in [0.2, 0.25) is 0 Å². The van der Waals surface area contributed by atoms with Crippen molar-refractivity contribution in [3.63, 3.8) is 0 Å². The van der Waals surface area contributed by atoms with E-state index in [9.17, 15) is 14.4 Å². The summed E-state index contributed by atoms with van der Waals surface area (Å²) in [5.41, 5.74) is 8.25. The molecule has 146 valence electrons. The fraction of sp³-hybridized carbons (Fsp3) is 0.800. The van der Waals surface area contributed by atoms with Crippen molar-refractivity contribution >= 4 is 17.9 Å². The van der Waals surface area contributed by atoms with Gasteiger partial charge in [-0.05, 0) is 12.0 Å². The van der Waals surface area contributed by atoms with Crippen molar-refractivity contribution in [1.29, 1.82) is 0 Å². The number of hydrogen-bond donors (Lipinski definition) is 0. The van der Waals surface area contributed by atoms with Gasteiger partial charge in [-0.3, -0.25) is 9.59 Å². The lowest BCUT2D eigenvalue weighted by atomic mass is 9.91. The third-order valence-electron chi connectivity index (χ3n) is 3.64. The molecule has 1 aliphatic heterocycles. The van der Waals surface area contributed by atoms with Crippen LogP contribution in [0.4, 0.5) is 0 Å². The highest BCUT2D eigenvalue weighted by molar-refractivity contribution is 5.77. The maximum Gasteiger partial charge on any atom is 0.339 e. The Morgan fingerprint density at radius 3 is 2.31 bits per heavy atom. The Morgan fingerprint density at radius 2 is 1.77 bits per heavy atom. The van der Waals surface area contributed by atoms with Crippen LogP contribution in [-0.2, 0) is 38.1 Å². The van der Waals surface area contributed by atoms with E-state index in [1.54, 1.807) is 6.92 Å². The fourth-order valence-corrected chi connectivity index (χ4v) is 2.54. The summed E-state index contributed by atoms with van der Waals surface area (Å²) < 4.78 is 26.3. The van der Waals surface area contributed by atoms with Crippen molar-refractivity contribution in [3.05, 3.63) is 10.4 Å². The molecule has 26 heavy (non-hydrogen) atoms. The minimum atomic E-state index is -1.31. The average molecular weight is 373 g/mol. The highest BCUT2D eigenvalue weighted by Gasteiger charge is 2.51. The second-order valence-corrected chi connectivity index (χ2v) is 5.63. The Morgan fingerprint density at radius 1 is 1.15 bits per heavy atom. The van der Waals surface area contributed by atoms with Crippen molar-refractivity contribution in [2.45, 2.75) is 51.8 Å². The van der Waals surface area contributed by atoms with Gasteiger partial charge in [0.1, 0.15) is 6.10 Å². The molecule has 1 rings (SSSR count). The molecule has 0 aromatic rings. The number of ether oxygens (including phenoxy) is 5. The first-order chi connectivity index (χ1) is 12.3. The number of nitrogens with zero attached hydrogens (tertiary/aromatic N) is 3. The van der Waals surface area contributed by atoms with Gasteiger partial charge in [0.2, 0.25) is 0 Å². The fourth-order valence-electron chi connectivity index (χ4n) is 2.54. The van der Waals surface area contributed by atoms with E-state index < -0.39 is 48.4 Å². The Hall–Kier alpha value is -2.36. The molecule has 1 heterocycles. The minimum Gasteiger partial charge on any atom is -0.467 e. The first kappa shape index (κ1) is 21.7. The van der Waals surface area contributed by atoms with Gasteiger partial charge < -0.3 is 23.7 Å². The Balaban J connectivity index is 2.97. The number of hydrogen-bond acceptors (Lipinski definition) is 9. The molecule has 0 aromatic heterocycles. The Kier molecular flexibility index (Phi) is 8.83. The standard InChI is InChI=1S/C15H23N3O8/c1-8-11(24-9(2)19)12(25-10(3)20)13(14(21)22-4)26-15(8)23-7-5-6-17-18-16/h8,11-13,15H,5-7H2,1-4H3/t8-,11?,12-,13?,15+/m0/s1. The van der Waals surface area contributed by atoms with E-state index in [0.717, 1.165) is 7.11 Å². The van der Waals surface area contributed by atoms with Crippen molar-refractivity contribution in [2.75, 3.05) is 20.3 Å². The first-order valence-electron chi connectivity index (χ1n) is 8.02. The Labute approximate surface area is 150 Å². The molecule has 0 aromatic carbocycles. The molecular formula is C15H23N3O8. The van der Waals surface area contributed by atoms with Crippen LogP contribution < -0.4 is 0 Å². The van der Waals surface area contributed by atoms with Crippen LogP contribution in [0.1, 0.15) is 27.2 Å². The average Bonchev–Trinajstić information content (AvgIpc) is 2.58. The van der Waals surface area contributed by atoms with Gasteiger partial charge in [-0.1, -0.05) is 12.0 Å². The molecule has 11 heteroatoms. The smallest absolute Gasteiger partial charge is 0.339 e. The third-order valence-corrected chi connectivity index (χ3v) is 3.64. The van der Waals surface area contributed by atoms with Gasteiger partial charge in [0, 0.05) is 37.8 Å². The number of rotatable bonds is 8. The molecule has 2 unspecified atom stereocenters. The van der Waals surface area contributed by atoms with Crippen molar-refractivity contribution in [3.8, 4) is 0 Å². The summed E-state index contributed by atoms with van der Waals surface area (Å²) in [6.07, 6.45) is -3.92. The lowest BCUT2D eigenvalue weighted by molar-refractivity contribution is -0.282. The third kappa shape index (κ3) is 6.17. The molecule has 0 radical (unpaired) electrons. The van der Waals surface area contributed by atoms with Crippen LogP contribution in [0.5, 0.6) is 0 Å². The van der Waals surface area contributed by atoms with Crippen molar-refractivity contribution < 1.29 is 38.1 Å². The monoisotopic (exact) mass is 373 g/mol. The summed E-state index contributed by atoms with van der Waals surface area (Å²) in [6.45, 7) is 4.47. The van der Waals surface area contributed by atoms with Gasteiger partial charge in [0.15, 0.2) is 18.5 Å². The van der Waals surface area contributed by atoms with E-state index in [1.807, 2.05) is 0 Å². The zero-order chi connectivity index (χ0) is 19.7. The number of carbonyl (C=O) groups excluding carboxylic acids is 3. The van der Waals surface area contributed by atoms with E-state index in [-0.39, 0.29) is 13.2 Å². The molecule has 0 bridgehead atoms. The van der Waals surface area contributed by atoms with Crippen LogP contribution in [0.25, 0.3) is 10.4 Å². The van der Waals surface area contributed by atoms with Crippen LogP contribution in [0.15, 0.2) is 5.11 Å². The largest absolute Gasteiger partial charge is 0.467 e. The lowest BCUT2D eigenvalue weighted by Crippen LogP contribution is -2.59. The molecule has 1 aliphatic rings. The normalized spacial score (nSPS) is 27.8. The zero-order valence-electron chi connectivity index (χ0n) is 15.1. The van der Waals surface area contributed by atoms with Crippen LogP contribution in [0.3, 0.4) is 0 Å². The molecule has 0 amide bonds. The quantitative estimate of drug-likeness (QED) is 0.153. The van der Waals surface area contributed by atoms with Gasteiger partial charge in [-0.25, -0.2) is 4.79 Å². The van der Waals surface area contributed by atoms with E-state index in [1.165, 1.54) is 13.8 Å². The molecule has 0 N–H and O–H groups in total. The summed E-state index contributed by atoms with van der Waals surface area (Å²) >= 11 is 0. The van der Waals surface area contributed by atoms with E-state index in [4.69, 9.17) is 24.5 Å². The zero-order valence-corrected chi connectivity index (χ0v) is 15.1. The van der Waals surface area contributed by atoms with Gasteiger partial charge in [-0.2, -0.15) is 0 Å². The molecule has 0 aliphatic carbocycles. The maximum absolute atomic E-state index is 12.1. The van der Waals surface area contributed by atoms with E-state index >= 15 is 0 Å². The number of esters is 3. The molecule has 1 fully saturated rings. The van der Waals surface area contributed by atoms with Crippen LogP contribution in [-0.4, -0.2) is 62.8 Å². The number of methoxy groups -OCH3 is 1. The summed E-state index contributed by atoms with van der Waals surface area (Å²) in [4.78, 5) is 37.6. The highest BCUT2D eigenvalue weighted by Crippen LogP contribution is 2.32. The first-order valence-corrected chi connectivity index (χ1v) is 8.02. The second-order valence-electron chi connectivity index (χ2n) is 5.63. The van der Waals surface area contributed by atoms with E-state index in [0.29, 0.717) is 6.42 Å². The Bertz CT molecular complexity index is 563. The maximum atomic E-state index is 12.1. The summed E-state index contributed by atoms with van der Waals surface area (Å²) in [5, 5.41) is 3.39. The SMILES string of the molecule is COC(=O)C1O[C@@H](OCCCN=[N+]=[N-])[C@@H](C)C(OC(C)=O)[C@@H]1OC(C)=O. The molecule has 5 atom stereocenters. The van der Waals surface area contributed by atoms with Gasteiger partial charge in [0.05, 0.1) is 7.11 Å². The molecule has 1 saturated heterocycles. The number of carbonyl (C=O) groups is 3. The summed E-state index contributed by atoms with van der Waals surface area (Å²) in [6, 6.07) is 0. The predicted octanol–water partition coefficient (Wildman–Crippen LogP) is 1.10. The predicted molar refractivity (Wildman–Crippen MR) is 85.5 cm³/mol. The van der Waals surface area contributed by atoms with Gasteiger partial charge >= 0.3 is 17.9 Å². The van der Waals surface area contributed by atoms with Crippen LogP contribution in [0, 0.1) is 5.92 Å². The molecule has 0 spiro atoms. The summed E-state index contributed by atoms with van der Waals surface area (Å²) in [7, 11) is 1.16. The highest BCUT2D eigenvalue weighted by atomic mass is 16.7. The van der Waals surface area contributed by atoms with Gasteiger partial charge in [-0.15, -0.1) is 0 Å². The minimum absolute atomic E-state index is 0.187. The molecular weight excluding hydrogens is 350 g/mol.